The molecule has 10 nitrogen and oxygen atoms in total. The first-order valence-electron chi connectivity index (χ1n) is 8.68. The molecule has 26 heavy (non-hydrogen) atoms. The molecular weight excluding hydrogens is 362 g/mol. The summed E-state index contributed by atoms with van der Waals surface area (Å²) in [5.74, 6) is 0.249. The van der Waals surface area contributed by atoms with Gasteiger partial charge in [-0.1, -0.05) is 6.92 Å². The third kappa shape index (κ3) is 5.24. The van der Waals surface area contributed by atoms with Crippen LogP contribution in [0.4, 0.5) is 5.82 Å². The van der Waals surface area contributed by atoms with E-state index in [-0.39, 0.29) is 29.9 Å². The van der Waals surface area contributed by atoms with Crippen LogP contribution < -0.4 is 5.32 Å². The van der Waals surface area contributed by atoms with Crippen molar-refractivity contribution in [2.45, 2.75) is 52.1 Å². The van der Waals surface area contributed by atoms with E-state index in [1.54, 1.807) is 11.5 Å². The molecule has 11 heteroatoms. The lowest BCUT2D eigenvalue weighted by atomic mass is 10.1. The fraction of sp³-hybridized carbons (Fsp3) is 0.733. The normalized spacial score (nSPS) is 16.5. The number of amides is 1. The van der Waals surface area contributed by atoms with Crippen molar-refractivity contribution in [3.05, 3.63) is 22.1 Å². The van der Waals surface area contributed by atoms with Gasteiger partial charge in [0.2, 0.25) is 21.8 Å². The van der Waals surface area contributed by atoms with E-state index in [0.29, 0.717) is 44.7 Å². The SMILES string of the molecule is CCCS(=O)(=O)N1CCC(NC(=O)CCn2cc([N+](=O)[O-])nc2C)CC1. The number of hydrogen-bond donors (Lipinski definition) is 1. The average molecular weight is 387 g/mol. The van der Waals surface area contributed by atoms with Crippen LogP contribution >= 0.6 is 0 Å². The summed E-state index contributed by atoms with van der Waals surface area (Å²) in [6, 6.07) is -0.0474. The number of rotatable bonds is 8. The lowest BCUT2D eigenvalue weighted by molar-refractivity contribution is -0.389. The zero-order valence-electron chi connectivity index (χ0n) is 15.0. The summed E-state index contributed by atoms with van der Waals surface area (Å²) in [5, 5.41) is 13.6. The molecule has 0 spiro atoms. The number of nitro groups is 1. The molecule has 0 aromatic carbocycles. The first-order valence-corrected chi connectivity index (χ1v) is 10.3. The first kappa shape index (κ1) is 20.3. The third-order valence-corrected chi connectivity index (χ3v) is 6.48. The van der Waals surface area contributed by atoms with Gasteiger partial charge in [-0.25, -0.2) is 12.7 Å². The average Bonchev–Trinajstić information content (AvgIpc) is 2.95. The van der Waals surface area contributed by atoms with E-state index < -0.39 is 14.9 Å². The van der Waals surface area contributed by atoms with E-state index in [0.717, 1.165) is 0 Å². The molecule has 1 amide bonds. The van der Waals surface area contributed by atoms with Crippen molar-refractivity contribution in [3.8, 4) is 0 Å². The van der Waals surface area contributed by atoms with E-state index in [1.165, 1.54) is 10.5 Å². The Bertz CT molecular complexity index is 752. The van der Waals surface area contributed by atoms with Crippen LogP contribution in [0.25, 0.3) is 0 Å². The van der Waals surface area contributed by atoms with Gasteiger partial charge in [0.1, 0.15) is 6.20 Å². The molecule has 0 unspecified atom stereocenters. The highest BCUT2D eigenvalue weighted by molar-refractivity contribution is 7.89. The fourth-order valence-electron chi connectivity index (χ4n) is 2.99. The number of carbonyl (C=O) groups is 1. The Balaban J connectivity index is 1.78. The molecule has 1 aromatic rings. The van der Waals surface area contributed by atoms with Crippen LogP contribution in [0.15, 0.2) is 6.20 Å². The van der Waals surface area contributed by atoms with Crippen molar-refractivity contribution in [2.24, 2.45) is 0 Å². The van der Waals surface area contributed by atoms with E-state index in [2.05, 4.69) is 10.3 Å². The first-order chi connectivity index (χ1) is 12.2. The second-order valence-electron chi connectivity index (χ2n) is 6.40. The second-order valence-corrected chi connectivity index (χ2v) is 8.49. The van der Waals surface area contributed by atoms with E-state index in [1.807, 2.05) is 6.92 Å². The predicted octanol–water partition coefficient (Wildman–Crippen LogP) is 0.810. The third-order valence-electron chi connectivity index (χ3n) is 4.40. The smallest absolute Gasteiger partial charge is 0.358 e. The fourth-order valence-corrected chi connectivity index (χ4v) is 4.53. The molecule has 1 aromatic heterocycles. The Morgan fingerprint density at radius 2 is 2.08 bits per heavy atom. The molecule has 2 heterocycles. The summed E-state index contributed by atoms with van der Waals surface area (Å²) in [6.07, 6.45) is 3.27. The van der Waals surface area contributed by atoms with E-state index in [4.69, 9.17) is 0 Å². The number of aromatic nitrogens is 2. The van der Waals surface area contributed by atoms with Crippen molar-refractivity contribution >= 4 is 21.7 Å². The maximum atomic E-state index is 12.1. The molecule has 0 saturated carbocycles. The standard InChI is InChI=1S/C15H25N5O5S/c1-3-10-26(24,25)19-8-4-13(5-9-19)17-15(21)6-7-18-11-14(20(22)23)16-12(18)2/h11,13H,3-10H2,1-2H3,(H,17,21). The van der Waals surface area contributed by atoms with Gasteiger partial charge >= 0.3 is 5.82 Å². The summed E-state index contributed by atoms with van der Waals surface area (Å²) >= 11 is 0. The maximum absolute atomic E-state index is 12.1. The summed E-state index contributed by atoms with van der Waals surface area (Å²) in [7, 11) is -3.19. The molecular formula is C15H25N5O5S. The van der Waals surface area contributed by atoms with Gasteiger partial charge in [-0.3, -0.25) is 4.79 Å². The minimum absolute atomic E-state index is 0.0474. The highest BCUT2D eigenvalue weighted by atomic mass is 32.2. The minimum atomic E-state index is -3.19. The van der Waals surface area contributed by atoms with Crippen molar-refractivity contribution in [3.63, 3.8) is 0 Å². The van der Waals surface area contributed by atoms with E-state index in [9.17, 15) is 23.3 Å². The van der Waals surface area contributed by atoms with Crippen LogP contribution in [0, 0.1) is 17.0 Å². The summed E-state index contributed by atoms with van der Waals surface area (Å²) in [6.45, 7) is 4.63. The molecule has 0 bridgehead atoms. The van der Waals surface area contributed by atoms with Crippen molar-refractivity contribution in [1.82, 2.24) is 19.2 Å². The molecule has 0 radical (unpaired) electrons. The van der Waals surface area contributed by atoms with Gasteiger partial charge in [0.15, 0.2) is 0 Å². The number of imidazole rings is 1. The lowest BCUT2D eigenvalue weighted by Crippen LogP contribution is -2.47. The van der Waals surface area contributed by atoms with Gasteiger partial charge in [-0.05, 0) is 29.2 Å². The van der Waals surface area contributed by atoms with Crippen LogP contribution in [0.1, 0.15) is 38.4 Å². The highest BCUT2D eigenvalue weighted by Gasteiger charge is 2.28. The Morgan fingerprint density at radius 1 is 1.42 bits per heavy atom. The molecule has 1 N–H and O–H groups in total. The Labute approximate surface area is 152 Å². The van der Waals surface area contributed by atoms with Crippen LogP contribution in [-0.2, 0) is 21.4 Å². The number of carbonyl (C=O) groups excluding carboxylic acids is 1. The van der Waals surface area contributed by atoms with Crippen molar-refractivity contribution in [2.75, 3.05) is 18.8 Å². The van der Waals surface area contributed by atoms with Gasteiger partial charge in [0.05, 0.1) is 5.75 Å². The topological polar surface area (TPSA) is 127 Å². The summed E-state index contributed by atoms with van der Waals surface area (Å²) < 4.78 is 27.1. The number of aryl methyl sites for hydroxylation is 2. The molecule has 0 atom stereocenters. The number of piperidine rings is 1. The number of nitrogens with one attached hydrogen (secondary N) is 1. The molecule has 146 valence electrons. The van der Waals surface area contributed by atoms with Crippen LogP contribution in [-0.4, -0.2) is 58.0 Å². The van der Waals surface area contributed by atoms with E-state index >= 15 is 0 Å². The Hall–Kier alpha value is -2.01. The zero-order chi connectivity index (χ0) is 19.3. The number of nitrogens with zero attached hydrogens (tertiary/aromatic N) is 4. The molecule has 2 rings (SSSR count). The molecule has 0 aliphatic carbocycles. The summed E-state index contributed by atoms with van der Waals surface area (Å²) in [5.41, 5.74) is 0. The van der Waals surface area contributed by atoms with Gasteiger partial charge in [-0.2, -0.15) is 0 Å². The molecule has 1 saturated heterocycles. The molecule has 1 aliphatic heterocycles. The maximum Gasteiger partial charge on any atom is 0.381 e. The Kier molecular flexibility index (Phi) is 6.70. The molecule has 1 aliphatic rings. The van der Waals surface area contributed by atoms with Gasteiger partial charge in [0, 0.05) is 39.0 Å². The van der Waals surface area contributed by atoms with Crippen LogP contribution in [0.5, 0.6) is 0 Å². The predicted molar refractivity (Wildman–Crippen MR) is 95.1 cm³/mol. The monoisotopic (exact) mass is 387 g/mol. The van der Waals surface area contributed by atoms with Crippen molar-refractivity contribution < 1.29 is 18.1 Å². The van der Waals surface area contributed by atoms with Crippen molar-refractivity contribution in [1.29, 1.82) is 0 Å². The molecule has 1 fully saturated rings. The highest BCUT2D eigenvalue weighted by Crippen LogP contribution is 2.15. The van der Waals surface area contributed by atoms with Crippen LogP contribution in [0.3, 0.4) is 0 Å². The largest absolute Gasteiger partial charge is 0.381 e. The number of sulfonamides is 1. The van der Waals surface area contributed by atoms with Gasteiger partial charge in [-0.15, -0.1) is 0 Å². The lowest BCUT2D eigenvalue weighted by Gasteiger charge is -2.31. The quantitative estimate of drug-likeness (QED) is 0.519. The van der Waals surface area contributed by atoms with Crippen LogP contribution in [0.2, 0.25) is 0 Å². The zero-order valence-corrected chi connectivity index (χ0v) is 15.9. The number of hydrogen-bond acceptors (Lipinski definition) is 6. The van der Waals surface area contributed by atoms with Gasteiger partial charge in [0.25, 0.3) is 0 Å². The second kappa shape index (κ2) is 8.58. The Morgan fingerprint density at radius 3 is 2.62 bits per heavy atom. The summed E-state index contributed by atoms with van der Waals surface area (Å²) in [4.78, 5) is 26.1. The minimum Gasteiger partial charge on any atom is -0.358 e. The van der Waals surface area contributed by atoms with Gasteiger partial charge < -0.3 is 20.0 Å².